The molecule has 0 radical (unpaired) electrons. The number of hydrogen-bond donors (Lipinski definition) is 2. The van der Waals surface area contributed by atoms with Gasteiger partial charge in [-0.25, -0.2) is 13.8 Å². The average Bonchev–Trinajstić information content (AvgIpc) is 3.49. The van der Waals surface area contributed by atoms with Crippen molar-refractivity contribution in [2.45, 2.75) is 49.1 Å². The number of fused-ring (bicyclic) bond motifs is 4. The number of hydrogen-bond acceptors (Lipinski definition) is 6. The summed E-state index contributed by atoms with van der Waals surface area (Å²) in [5, 5.41) is 9.88. The van der Waals surface area contributed by atoms with Crippen LogP contribution >= 0.6 is 0 Å². The normalized spacial score (nSPS) is 23.4. The summed E-state index contributed by atoms with van der Waals surface area (Å²) in [6.45, 7) is 0. The van der Waals surface area contributed by atoms with Crippen molar-refractivity contribution >= 4 is 17.6 Å². The van der Waals surface area contributed by atoms with Crippen LogP contribution in [-0.2, 0) is 23.1 Å². The van der Waals surface area contributed by atoms with Crippen molar-refractivity contribution in [3.63, 3.8) is 0 Å². The van der Waals surface area contributed by atoms with Crippen LogP contribution in [0.1, 0.15) is 74.8 Å². The molecule has 2 amide bonds. The predicted molar refractivity (Wildman–Crippen MR) is 151 cm³/mol. The smallest absolute Gasteiger partial charge is 0.253 e. The minimum Gasteiger partial charge on any atom is -0.344 e. The maximum atomic E-state index is 14.9. The molecule has 1 spiro atoms. The van der Waals surface area contributed by atoms with Crippen molar-refractivity contribution in [3.8, 4) is 0 Å². The lowest BCUT2D eigenvalue weighted by atomic mass is 9.80. The lowest BCUT2D eigenvalue weighted by Crippen LogP contribution is -2.35. The third-order valence-corrected chi connectivity index (χ3v) is 8.80. The van der Waals surface area contributed by atoms with Gasteiger partial charge in [-0.05, 0) is 71.7 Å². The van der Waals surface area contributed by atoms with E-state index in [9.17, 15) is 23.9 Å². The second-order valence-corrected chi connectivity index (χ2v) is 11.1. The first-order chi connectivity index (χ1) is 20.9. The Balaban J connectivity index is 1.18. The summed E-state index contributed by atoms with van der Waals surface area (Å²) in [6.07, 6.45) is 6.13. The van der Waals surface area contributed by atoms with Crippen molar-refractivity contribution < 1.29 is 18.4 Å². The molecule has 43 heavy (non-hydrogen) atoms. The zero-order valence-electron chi connectivity index (χ0n) is 22.7. The van der Waals surface area contributed by atoms with E-state index in [0.717, 1.165) is 22.9 Å². The first-order valence-corrected chi connectivity index (χ1v) is 13.9. The molecule has 1 aromatic carbocycles. The summed E-state index contributed by atoms with van der Waals surface area (Å²) in [4.78, 5) is 43.0. The highest BCUT2D eigenvalue weighted by molar-refractivity contribution is 6.06. The van der Waals surface area contributed by atoms with Crippen molar-refractivity contribution in [3.05, 3.63) is 128 Å². The van der Waals surface area contributed by atoms with Crippen molar-refractivity contribution in [2.75, 3.05) is 5.32 Å². The molecular weight excluding hydrogens is 554 g/mol. The summed E-state index contributed by atoms with van der Waals surface area (Å²) in [5.74, 6) is -2.64. The topological polar surface area (TPSA) is 146 Å². The molecule has 4 heterocycles. The van der Waals surface area contributed by atoms with E-state index >= 15 is 0 Å². The quantitative estimate of drug-likeness (QED) is 0.141. The van der Waals surface area contributed by atoms with Gasteiger partial charge in [0, 0.05) is 41.2 Å². The molecule has 10 nitrogen and oxygen atoms in total. The van der Waals surface area contributed by atoms with Crippen LogP contribution in [-0.4, -0.2) is 26.8 Å². The van der Waals surface area contributed by atoms with E-state index in [-0.39, 0.29) is 11.5 Å². The Kier molecular flexibility index (Phi) is 6.36. The molecule has 0 saturated carbocycles. The zero-order valence-corrected chi connectivity index (χ0v) is 22.7. The van der Waals surface area contributed by atoms with Crippen molar-refractivity contribution in [1.29, 1.82) is 0 Å². The predicted octanol–water partition coefficient (Wildman–Crippen LogP) is 5.54. The van der Waals surface area contributed by atoms with E-state index in [0.29, 0.717) is 48.3 Å². The fraction of sp³-hybridized carbons (Fsp3) is 0.258. The lowest BCUT2D eigenvalue weighted by Gasteiger charge is -2.23. The third-order valence-electron chi connectivity index (χ3n) is 8.80. The molecule has 2 N–H and O–H groups in total. The first kappa shape index (κ1) is 26.7. The Morgan fingerprint density at radius 2 is 1.86 bits per heavy atom. The van der Waals surface area contributed by atoms with Gasteiger partial charge < -0.3 is 10.6 Å². The Morgan fingerprint density at radius 1 is 1.05 bits per heavy atom. The van der Waals surface area contributed by atoms with Crippen LogP contribution < -0.4 is 10.6 Å². The van der Waals surface area contributed by atoms with E-state index in [1.54, 1.807) is 36.7 Å². The van der Waals surface area contributed by atoms with Gasteiger partial charge in [0.25, 0.3) is 5.91 Å². The molecule has 1 unspecified atom stereocenters. The summed E-state index contributed by atoms with van der Waals surface area (Å²) in [6, 6.07) is 11.3. The number of anilines is 1. The molecular formula is C31H24F2N8O2. The maximum absolute atomic E-state index is 14.9. The van der Waals surface area contributed by atoms with Crippen LogP contribution in [0.5, 0.6) is 0 Å². The van der Waals surface area contributed by atoms with E-state index < -0.39 is 41.0 Å². The molecule has 0 bridgehead atoms. The molecule has 1 aliphatic heterocycles. The molecule has 7 rings (SSSR count). The largest absolute Gasteiger partial charge is 0.344 e. The monoisotopic (exact) mass is 578 g/mol. The van der Waals surface area contributed by atoms with Gasteiger partial charge in [0.05, 0.1) is 28.8 Å². The molecule has 12 heteroatoms. The zero-order chi connectivity index (χ0) is 29.7. The number of rotatable bonds is 4. The number of halogens is 2. The van der Waals surface area contributed by atoms with Gasteiger partial charge in [0.1, 0.15) is 5.82 Å². The van der Waals surface area contributed by atoms with Crippen molar-refractivity contribution in [1.82, 2.24) is 20.3 Å². The number of amides is 2. The molecule has 4 aromatic rings. The van der Waals surface area contributed by atoms with E-state index in [2.05, 4.69) is 35.6 Å². The first-order valence-electron chi connectivity index (χ1n) is 13.9. The van der Waals surface area contributed by atoms with Gasteiger partial charge in [0.15, 0.2) is 11.6 Å². The minimum atomic E-state index is -0.991. The van der Waals surface area contributed by atoms with Crippen molar-refractivity contribution in [2.24, 2.45) is 5.11 Å². The van der Waals surface area contributed by atoms with E-state index in [1.165, 1.54) is 18.3 Å². The molecule has 214 valence electrons. The summed E-state index contributed by atoms with van der Waals surface area (Å²) in [5.41, 5.74) is 12.4. The second-order valence-electron chi connectivity index (χ2n) is 11.1. The highest BCUT2D eigenvalue weighted by Crippen LogP contribution is 2.47. The molecule has 0 saturated heterocycles. The molecule has 2 aliphatic carbocycles. The number of aromatic nitrogens is 3. The molecule has 3 aromatic heterocycles. The number of benzene rings is 1. The lowest BCUT2D eigenvalue weighted by molar-refractivity contribution is -0.120. The van der Waals surface area contributed by atoms with Crippen LogP contribution in [0.4, 0.5) is 14.6 Å². The molecule has 4 atom stereocenters. The minimum absolute atomic E-state index is 0.101. The average molecular weight is 579 g/mol. The van der Waals surface area contributed by atoms with Gasteiger partial charge in [-0.3, -0.25) is 19.6 Å². The Labute approximate surface area is 244 Å². The fourth-order valence-electron chi connectivity index (χ4n) is 6.78. The SMILES string of the molecule is [N-]=[N+]=N[C@@H]1c2cccnc2[C@@H](NC(=O)c2cnc3c(c2)CC2(C3)C(=O)Nc3ncccc32)CC[C@H]1c1cccc(F)c1F. The van der Waals surface area contributed by atoms with Crippen LogP contribution in [0.3, 0.4) is 0 Å². The number of pyridine rings is 3. The van der Waals surface area contributed by atoms with Gasteiger partial charge >= 0.3 is 0 Å². The maximum Gasteiger partial charge on any atom is 0.253 e. The van der Waals surface area contributed by atoms with Gasteiger partial charge in [0.2, 0.25) is 5.91 Å². The highest BCUT2D eigenvalue weighted by Gasteiger charge is 2.51. The third kappa shape index (κ3) is 4.29. The van der Waals surface area contributed by atoms with E-state index in [1.807, 2.05) is 6.07 Å². The molecule has 3 aliphatic rings. The van der Waals surface area contributed by atoms with Gasteiger partial charge in [-0.1, -0.05) is 29.4 Å². The Morgan fingerprint density at radius 3 is 2.72 bits per heavy atom. The number of nitrogens with one attached hydrogen (secondary N) is 2. The number of nitrogens with zero attached hydrogens (tertiary/aromatic N) is 6. The second kappa shape index (κ2) is 10.2. The summed E-state index contributed by atoms with van der Waals surface area (Å²) >= 11 is 0. The molecule has 0 fully saturated rings. The number of carbonyl (C=O) groups is 2. The van der Waals surface area contributed by atoms with Crippen LogP contribution in [0.15, 0.2) is 72.2 Å². The van der Waals surface area contributed by atoms with Crippen LogP contribution in [0.2, 0.25) is 0 Å². The van der Waals surface area contributed by atoms with Crippen LogP contribution in [0.25, 0.3) is 10.4 Å². The highest BCUT2D eigenvalue weighted by atomic mass is 19.2. The van der Waals surface area contributed by atoms with Gasteiger partial charge in [-0.15, -0.1) is 0 Å². The number of azide groups is 1. The Bertz CT molecular complexity index is 1860. The van der Waals surface area contributed by atoms with E-state index in [4.69, 9.17) is 0 Å². The van der Waals surface area contributed by atoms with Crippen LogP contribution in [0, 0.1) is 11.6 Å². The standard InChI is InChI=1S/C31H24F2N8O2/c32-22-7-1-4-18(25(22)33)19-8-9-23(27-20(5-2-10-35-27)26(19)40-41-34)38-29(42)17-12-16-13-31(14-24(16)37-15-17)21-6-3-11-36-28(21)39-30(31)43/h1-7,10-12,15,19,23,26H,8-9,13-14H2,(H,38,42)(H,36,39,43)/t19-,23-,26-,31?/m0/s1. The Hall–Kier alpha value is -5.22. The fourth-order valence-corrected chi connectivity index (χ4v) is 6.78. The number of carbonyl (C=O) groups excluding carboxylic acids is 2. The van der Waals surface area contributed by atoms with Gasteiger partial charge in [-0.2, -0.15) is 0 Å². The summed E-state index contributed by atoms with van der Waals surface area (Å²) < 4.78 is 29.1. The summed E-state index contributed by atoms with van der Waals surface area (Å²) in [7, 11) is 0.